The van der Waals surface area contributed by atoms with E-state index in [1.807, 2.05) is 123 Å². The van der Waals surface area contributed by atoms with E-state index in [9.17, 15) is 15.3 Å². The Labute approximate surface area is 396 Å². The third-order valence-corrected chi connectivity index (χ3v) is 8.94. The molecule has 13 heteroatoms. The fraction of sp³-hybridized carbons (Fsp3) is 0.0426. The minimum atomic E-state index is 0. The molecule has 60 heavy (non-hydrogen) atoms. The van der Waals surface area contributed by atoms with Gasteiger partial charge in [0.1, 0.15) is 0 Å². The van der Waals surface area contributed by atoms with Crippen LogP contribution >= 0.6 is 0 Å². The Morgan fingerprint density at radius 2 is 1.10 bits per heavy atom. The quantitative estimate of drug-likeness (QED) is 0.0979. The first-order valence-electron chi connectivity index (χ1n) is 17.9. The molecule has 0 atom stereocenters. The van der Waals surface area contributed by atoms with E-state index in [0.717, 1.165) is 44.1 Å². The number of nitrogens with one attached hydrogen (secondary N) is 4. The Kier molecular flexibility index (Phi) is 19.2. The van der Waals surface area contributed by atoms with Gasteiger partial charge in [0.25, 0.3) is 5.89 Å². The zero-order valence-corrected chi connectivity index (χ0v) is 34.7. The van der Waals surface area contributed by atoms with Gasteiger partial charge >= 0.3 is 81.3 Å². The van der Waals surface area contributed by atoms with Crippen molar-refractivity contribution in [1.29, 1.82) is 0 Å². The molecule has 0 saturated carbocycles. The van der Waals surface area contributed by atoms with Crippen molar-refractivity contribution in [3.63, 3.8) is 0 Å². The summed E-state index contributed by atoms with van der Waals surface area (Å²) < 4.78 is 5.66. The number of benzene rings is 6. The Balaban J connectivity index is 0.000000212. The minimum absolute atomic E-state index is 0. The standard InChI is InChI=1S/C14H9N2O.C14H11NO.C10H9NO.C9H7NO.4Li/c1-3-7-11(8-4-1)13-15-16-14(17-13)12-9-5-2-6-10-12;1-9-10-5-2-3-6-11(10)12-7-4-8-13(16)14(12)15-9;1-7-5-6-8-3-2-4-9(12)10(8)11-7;11-8-5-1-3-7-4-2-6-10-9(7)8;;;;/h1-9H;2-8,16H,1H3;2-6,12H,1H3;1-6,11H;;;;/q-1;;;;4*+1/p+1. The van der Waals surface area contributed by atoms with Gasteiger partial charge < -0.3 is 19.7 Å². The van der Waals surface area contributed by atoms with E-state index in [1.165, 1.54) is 5.39 Å². The number of aromatic amines is 4. The van der Waals surface area contributed by atoms with Crippen LogP contribution in [0.3, 0.4) is 0 Å². The molecule has 0 bridgehead atoms. The predicted molar refractivity (Wildman–Crippen MR) is 210 cm³/mol. The molecule has 0 saturated heterocycles. The number of aromatic nitrogens is 5. The fourth-order valence-corrected chi connectivity index (χ4v) is 6.18. The summed E-state index contributed by atoms with van der Waals surface area (Å²) in [4.78, 5) is 9.14. The van der Waals surface area contributed by atoms with Crippen LogP contribution in [0.5, 0.6) is 17.2 Å². The number of pyridine rings is 3. The van der Waals surface area contributed by atoms with Crippen LogP contribution < -0.4 is 111 Å². The number of rotatable bonds is 2. The average molecular weight is 764 g/mol. The van der Waals surface area contributed by atoms with Crippen molar-refractivity contribution in [1.82, 2.24) is 5.10 Å². The first-order valence-corrected chi connectivity index (χ1v) is 17.9. The first-order chi connectivity index (χ1) is 27.4. The van der Waals surface area contributed by atoms with Crippen LogP contribution in [0.2, 0.25) is 0 Å². The largest absolute Gasteiger partial charge is 1.00 e. The third-order valence-electron chi connectivity index (χ3n) is 8.94. The van der Waals surface area contributed by atoms with Crippen LogP contribution in [0.25, 0.3) is 66.4 Å². The van der Waals surface area contributed by atoms with Gasteiger partial charge in [0.15, 0.2) is 17.6 Å². The molecule has 274 valence electrons. The number of hydrogen-bond acceptors (Lipinski definition) is 5. The van der Waals surface area contributed by atoms with E-state index in [1.54, 1.807) is 42.6 Å². The molecular formula is C47H37Li4N5O4+4. The molecule has 4 heterocycles. The molecule has 4 aromatic heterocycles. The Bertz CT molecular complexity index is 2840. The minimum Gasteiger partial charge on any atom is -0.868 e. The molecule has 0 spiro atoms. The molecule has 10 rings (SSSR count). The molecule has 0 unspecified atom stereocenters. The van der Waals surface area contributed by atoms with E-state index in [2.05, 4.69) is 43.3 Å². The van der Waals surface area contributed by atoms with Crippen LogP contribution in [-0.2, 0) is 0 Å². The van der Waals surface area contributed by atoms with E-state index in [4.69, 9.17) is 4.42 Å². The molecule has 9 nitrogen and oxygen atoms in total. The Morgan fingerprint density at radius 1 is 0.517 bits per heavy atom. The molecule has 0 aliphatic heterocycles. The zero-order chi connectivity index (χ0) is 38.9. The van der Waals surface area contributed by atoms with Crippen molar-refractivity contribution in [2.75, 3.05) is 0 Å². The summed E-state index contributed by atoms with van der Waals surface area (Å²) in [5.41, 5.74) is 5.91. The monoisotopic (exact) mass is 763 g/mol. The topological polar surface area (TPSA) is 152 Å². The predicted octanol–water partition coefficient (Wildman–Crippen LogP) is -5.41. The van der Waals surface area contributed by atoms with E-state index < -0.39 is 0 Å². The molecular weight excluding hydrogens is 726 g/mol. The summed E-state index contributed by atoms with van der Waals surface area (Å²) in [5.74, 6) is 1.34. The molecule has 10 aromatic rings. The van der Waals surface area contributed by atoms with Crippen LogP contribution in [0.4, 0.5) is 0 Å². The molecule has 0 amide bonds. The second kappa shape index (κ2) is 23.5. The van der Waals surface area contributed by atoms with Crippen LogP contribution in [0.15, 0.2) is 168 Å². The normalized spacial score (nSPS) is 9.83. The number of H-pyrrole nitrogens is 4. The van der Waals surface area contributed by atoms with E-state index in [-0.39, 0.29) is 92.7 Å². The fourth-order valence-electron chi connectivity index (χ4n) is 6.18. The van der Waals surface area contributed by atoms with Crippen molar-refractivity contribution in [3.05, 3.63) is 181 Å². The summed E-state index contributed by atoms with van der Waals surface area (Å²) in [7, 11) is 0. The molecule has 6 aromatic carbocycles. The van der Waals surface area contributed by atoms with Crippen molar-refractivity contribution in [2.45, 2.75) is 13.8 Å². The van der Waals surface area contributed by atoms with E-state index >= 15 is 0 Å². The van der Waals surface area contributed by atoms with Gasteiger partial charge in [-0.05, 0) is 71.3 Å². The molecule has 0 aliphatic rings. The van der Waals surface area contributed by atoms with Crippen molar-refractivity contribution < 1.29 is 115 Å². The first kappa shape index (κ1) is 49.1. The van der Waals surface area contributed by atoms with Crippen LogP contribution in [-0.4, -0.2) is 5.10 Å². The molecule has 0 aliphatic carbocycles. The summed E-state index contributed by atoms with van der Waals surface area (Å²) in [6, 6.07) is 52.2. The van der Waals surface area contributed by atoms with Gasteiger partial charge in [-0.1, -0.05) is 72.8 Å². The smallest absolute Gasteiger partial charge is 0.868 e. The number of hydrogen-bond donors (Lipinski definition) is 0. The van der Waals surface area contributed by atoms with E-state index in [0.29, 0.717) is 28.3 Å². The van der Waals surface area contributed by atoms with Crippen molar-refractivity contribution in [2.24, 2.45) is 0 Å². The maximum absolute atomic E-state index is 11.7. The summed E-state index contributed by atoms with van der Waals surface area (Å²) >= 11 is 0. The summed E-state index contributed by atoms with van der Waals surface area (Å²) in [5, 5.41) is 46.4. The number of fused-ring (bicyclic) bond motifs is 5. The molecule has 0 fully saturated rings. The third kappa shape index (κ3) is 11.9. The number of para-hydroxylation sites is 3. The van der Waals surface area contributed by atoms with Crippen LogP contribution in [0.1, 0.15) is 11.4 Å². The maximum atomic E-state index is 11.7. The summed E-state index contributed by atoms with van der Waals surface area (Å²) in [6.07, 6.45) is 1.75. The Hall–Kier alpha value is -5.26. The second-order valence-corrected chi connectivity index (χ2v) is 12.8. The molecule has 0 radical (unpaired) electrons. The average Bonchev–Trinajstić information content (AvgIpc) is 3.74. The SMILES string of the molecule is Cc1[nH+]c2c([O-])cccc2c2ccccc12.Cc1ccc2cccc([O-])c2[nH+]1.[Li+].[Li+].[Li+].[Li+].[O-]c1cccc2ccc[nH+]c12.[c-]1ccccc1-c1[nH+]nc(-c2ccccc2)o1. The Morgan fingerprint density at radius 3 is 1.78 bits per heavy atom. The zero-order valence-electron chi connectivity index (χ0n) is 34.7. The van der Waals surface area contributed by atoms with Gasteiger partial charge in [-0.25, -0.2) is 15.0 Å². The maximum Gasteiger partial charge on any atom is 1.00 e. The van der Waals surface area contributed by atoms with Gasteiger partial charge in [-0.2, -0.15) is 0 Å². The van der Waals surface area contributed by atoms with Gasteiger partial charge in [0.05, 0.1) is 5.39 Å². The van der Waals surface area contributed by atoms with Gasteiger partial charge in [-0.3, -0.25) is 0 Å². The second-order valence-electron chi connectivity index (χ2n) is 12.8. The molecule has 4 N–H and O–H groups in total. The number of nitrogens with zero attached hydrogens (tertiary/aromatic N) is 1. The van der Waals surface area contributed by atoms with Gasteiger partial charge in [0, 0.05) is 58.2 Å². The van der Waals surface area contributed by atoms with Crippen LogP contribution in [0, 0.1) is 19.9 Å². The van der Waals surface area contributed by atoms with Crippen molar-refractivity contribution in [3.8, 4) is 40.2 Å². The number of aryl methyl sites for hydroxylation is 2. The summed E-state index contributed by atoms with van der Waals surface area (Å²) in [6.45, 7) is 3.93. The van der Waals surface area contributed by atoms with Crippen molar-refractivity contribution >= 4 is 43.5 Å². The van der Waals surface area contributed by atoms with Gasteiger partial charge in [-0.15, -0.1) is 35.4 Å². The van der Waals surface area contributed by atoms with Gasteiger partial charge in [0.2, 0.25) is 16.6 Å².